The van der Waals surface area contributed by atoms with Gasteiger partial charge >= 0.3 is 5.97 Å². The summed E-state index contributed by atoms with van der Waals surface area (Å²) in [6.07, 6.45) is 2.13. The van der Waals surface area contributed by atoms with E-state index in [4.69, 9.17) is 4.74 Å². The van der Waals surface area contributed by atoms with E-state index in [0.29, 0.717) is 13.0 Å². The molecule has 86 valence electrons. The Morgan fingerprint density at radius 2 is 2.50 bits per heavy atom. The van der Waals surface area contributed by atoms with Crippen LogP contribution in [0.4, 0.5) is 5.69 Å². The van der Waals surface area contributed by atoms with Gasteiger partial charge in [0.25, 0.3) is 0 Å². The molecule has 0 radical (unpaired) electrons. The molecule has 0 aromatic carbocycles. The largest absolute Gasteiger partial charge is 0.479 e. The number of carboxylic acid groups (broad SMARTS) is 1. The second-order valence-corrected chi connectivity index (χ2v) is 4.00. The smallest absolute Gasteiger partial charge is 0.331 e. The first-order valence-electron chi connectivity index (χ1n) is 5.14. The molecule has 2 N–H and O–H groups in total. The van der Waals surface area contributed by atoms with Crippen molar-refractivity contribution >= 4 is 11.7 Å². The summed E-state index contributed by atoms with van der Waals surface area (Å²) in [5.74, 6) is -0.875. The molecule has 1 fully saturated rings. The Hall–Kier alpha value is -1.62. The number of carboxylic acids is 1. The molecule has 1 unspecified atom stereocenters. The number of nitrogens with zero attached hydrogens (tertiary/aromatic N) is 1. The molecule has 1 atom stereocenters. The highest BCUT2D eigenvalue weighted by Gasteiger charge is 2.42. The Balaban J connectivity index is 2.21. The van der Waals surface area contributed by atoms with E-state index in [1.54, 1.807) is 12.3 Å². The standard InChI is InChI=1S/C11H14N2O3/c1-8-6-9(2-4-12-8)13-11(10(14)15)3-5-16-7-11/h2,4,6H,3,5,7H2,1H3,(H,12,13)(H,14,15). The fourth-order valence-electron chi connectivity index (χ4n) is 1.79. The molecule has 16 heavy (non-hydrogen) atoms. The molecule has 0 spiro atoms. The average Bonchev–Trinajstić information content (AvgIpc) is 2.67. The van der Waals surface area contributed by atoms with E-state index in [2.05, 4.69) is 10.3 Å². The molecule has 1 aromatic rings. The first-order valence-corrected chi connectivity index (χ1v) is 5.14. The van der Waals surface area contributed by atoms with Gasteiger partial charge in [-0.15, -0.1) is 0 Å². The third-order valence-corrected chi connectivity index (χ3v) is 2.71. The first kappa shape index (κ1) is 10.9. The van der Waals surface area contributed by atoms with Crippen molar-refractivity contribution < 1.29 is 14.6 Å². The number of carbonyl (C=O) groups is 1. The number of hydrogen-bond donors (Lipinski definition) is 2. The normalized spacial score (nSPS) is 24.3. The topological polar surface area (TPSA) is 71.5 Å². The van der Waals surface area contributed by atoms with Crippen LogP contribution in [0.25, 0.3) is 0 Å². The minimum absolute atomic E-state index is 0.198. The number of aliphatic carboxylic acids is 1. The van der Waals surface area contributed by atoms with E-state index < -0.39 is 11.5 Å². The Morgan fingerprint density at radius 1 is 1.69 bits per heavy atom. The minimum Gasteiger partial charge on any atom is -0.479 e. The van der Waals surface area contributed by atoms with Crippen LogP contribution in [0, 0.1) is 6.92 Å². The second-order valence-electron chi connectivity index (χ2n) is 4.00. The summed E-state index contributed by atoms with van der Waals surface area (Å²) in [5, 5.41) is 12.3. The summed E-state index contributed by atoms with van der Waals surface area (Å²) in [6.45, 7) is 2.54. The van der Waals surface area contributed by atoms with Crippen LogP contribution >= 0.6 is 0 Å². The van der Waals surface area contributed by atoms with Crippen molar-refractivity contribution in [2.45, 2.75) is 18.9 Å². The lowest BCUT2D eigenvalue weighted by atomic mass is 9.98. The molecule has 5 nitrogen and oxygen atoms in total. The van der Waals surface area contributed by atoms with Crippen LogP contribution in [0.1, 0.15) is 12.1 Å². The van der Waals surface area contributed by atoms with Crippen LogP contribution in [0.3, 0.4) is 0 Å². The van der Waals surface area contributed by atoms with E-state index in [-0.39, 0.29) is 6.61 Å². The van der Waals surface area contributed by atoms with Crippen LogP contribution < -0.4 is 5.32 Å². The van der Waals surface area contributed by atoms with Crippen molar-refractivity contribution in [1.82, 2.24) is 4.98 Å². The van der Waals surface area contributed by atoms with Gasteiger partial charge in [-0.3, -0.25) is 4.98 Å². The van der Waals surface area contributed by atoms with Gasteiger partial charge in [0, 0.05) is 30.6 Å². The van der Waals surface area contributed by atoms with Gasteiger partial charge in [0.1, 0.15) is 0 Å². The molecule has 0 bridgehead atoms. The SMILES string of the molecule is Cc1cc(NC2(C(=O)O)CCOC2)ccn1. The second kappa shape index (κ2) is 4.09. The zero-order chi connectivity index (χ0) is 11.6. The Morgan fingerprint density at radius 3 is 3.06 bits per heavy atom. The summed E-state index contributed by atoms with van der Waals surface area (Å²) < 4.78 is 5.17. The van der Waals surface area contributed by atoms with E-state index in [9.17, 15) is 9.90 Å². The van der Waals surface area contributed by atoms with Crippen molar-refractivity contribution in [2.24, 2.45) is 0 Å². The third kappa shape index (κ3) is 1.99. The van der Waals surface area contributed by atoms with E-state index in [1.807, 2.05) is 13.0 Å². The Bertz CT molecular complexity index is 400. The van der Waals surface area contributed by atoms with Crippen molar-refractivity contribution in [3.8, 4) is 0 Å². The highest BCUT2D eigenvalue weighted by atomic mass is 16.5. The van der Waals surface area contributed by atoms with Gasteiger partial charge in [-0.2, -0.15) is 0 Å². The maximum Gasteiger partial charge on any atom is 0.331 e. The van der Waals surface area contributed by atoms with Crippen LogP contribution in [-0.2, 0) is 9.53 Å². The zero-order valence-corrected chi connectivity index (χ0v) is 9.06. The molecule has 5 heteroatoms. The van der Waals surface area contributed by atoms with E-state index in [0.717, 1.165) is 11.4 Å². The van der Waals surface area contributed by atoms with Gasteiger partial charge in [0.2, 0.25) is 0 Å². The molecule has 2 heterocycles. The lowest BCUT2D eigenvalue weighted by Gasteiger charge is -2.25. The lowest BCUT2D eigenvalue weighted by molar-refractivity contribution is -0.142. The number of rotatable bonds is 3. The van der Waals surface area contributed by atoms with E-state index >= 15 is 0 Å². The molecule has 1 aromatic heterocycles. The summed E-state index contributed by atoms with van der Waals surface area (Å²) in [5.41, 5.74) is 0.623. The molecule has 2 rings (SSSR count). The number of aryl methyl sites for hydroxylation is 1. The monoisotopic (exact) mass is 222 g/mol. The van der Waals surface area contributed by atoms with Crippen LogP contribution in [-0.4, -0.2) is 34.8 Å². The maximum atomic E-state index is 11.3. The summed E-state index contributed by atoms with van der Waals surface area (Å²) in [7, 11) is 0. The van der Waals surface area contributed by atoms with Crippen molar-refractivity contribution in [3.05, 3.63) is 24.0 Å². The molecule has 1 aliphatic rings. The van der Waals surface area contributed by atoms with Crippen molar-refractivity contribution in [3.63, 3.8) is 0 Å². The third-order valence-electron chi connectivity index (χ3n) is 2.71. The fourth-order valence-corrected chi connectivity index (χ4v) is 1.79. The number of hydrogen-bond acceptors (Lipinski definition) is 4. The Labute approximate surface area is 93.5 Å². The molecule has 1 aliphatic heterocycles. The number of aromatic nitrogens is 1. The lowest BCUT2D eigenvalue weighted by Crippen LogP contribution is -2.47. The molecule has 0 aliphatic carbocycles. The predicted molar refractivity (Wildman–Crippen MR) is 58.4 cm³/mol. The van der Waals surface area contributed by atoms with Gasteiger partial charge in [0.15, 0.2) is 5.54 Å². The van der Waals surface area contributed by atoms with Gasteiger partial charge in [-0.1, -0.05) is 0 Å². The van der Waals surface area contributed by atoms with Crippen molar-refractivity contribution in [1.29, 1.82) is 0 Å². The highest BCUT2D eigenvalue weighted by molar-refractivity contribution is 5.83. The van der Waals surface area contributed by atoms with Crippen LogP contribution in [0.2, 0.25) is 0 Å². The molecular weight excluding hydrogens is 208 g/mol. The summed E-state index contributed by atoms with van der Waals surface area (Å²) in [6, 6.07) is 3.58. The number of nitrogens with one attached hydrogen (secondary N) is 1. The number of ether oxygens (including phenoxy) is 1. The fraction of sp³-hybridized carbons (Fsp3) is 0.455. The Kier molecular flexibility index (Phi) is 2.78. The van der Waals surface area contributed by atoms with E-state index in [1.165, 1.54) is 0 Å². The highest BCUT2D eigenvalue weighted by Crippen LogP contribution is 2.24. The van der Waals surface area contributed by atoms with Crippen LogP contribution in [0.5, 0.6) is 0 Å². The van der Waals surface area contributed by atoms with Crippen molar-refractivity contribution in [2.75, 3.05) is 18.5 Å². The maximum absolute atomic E-state index is 11.3. The molecule has 0 saturated carbocycles. The predicted octanol–water partition coefficient (Wildman–Crippen LogP) is 1.05. The molecular formula is C11H14N2O3. The minimum atomic E-state index is -0.992. The average molecular weight is 222 g/mol. The number of pyridine rings is 1. The molecule has 0 amide bonds. The first-order chi connectivity index (χ1) is 7.62. The zero-order valence-electron chi connectivity index (χ0n) is 9.06. The number of anilines is 1. The molecule has 1 saturated heterocycles. The van der Waals surface area contributed by atoms with Gasteiger partial charge in [-0.05, 0) is 19.1 Å². The summed E-state index contributed by atoms with van der Waals surface area (Å²) in [4.78, 5) is 15.3. The van der Waals surface area contributed by atoms with Gasteiger partial charge in [-0.25, -0.2) is 4.79 Å². The summed E-state index contributed by atoms with van der Waals surface area (Å²) >= 11 is 0. The van der Waals surface area contributed by atoms with Gasteiger partial charge in [0.05, 0.1) is 6.61 Å². The van der Waals surface area contributed by atoms with Crippen LogP contribution in [0.15, 0.2) is 18.3 Å². The van der Waals surface area contributed by atoms with Gasteiger partial charge < -0.3 is 15.2 Å². The quantitative estimate of drug-likeness (QED) is 0.799.